The van der Waals surface area contributed by atoms with E-state index in [0.29, 0.717) is 12.0 Å². The molecule has 78 valence electrons. The van der Waals surface area contributed by atoms with E-state index in [0.717, 1.165) is 12.8 Å². The number of hydrogen-bond donors (Lipinski definition) is 2. The van der Waals surface area contributed by atoms with Crippen LogP contribution in [0.5, 0.6) is 0 Å². The van der Waals surface area contributed by atoms with Crippen LogP contribution < -0.4 is 11.1 Å². The molecule has 0 bridgehead atoms. The Morgan fingerprint density at radius 2 is 1.92 bits per heavy atom. The quantitative estimate of drug-likeness (QED) is 0.656. The summed E-state index contributed by atoms with van der Waals surface area (Å²) in [5.74, 6) is 0.253. The van der Waals surface area contributed by atoms with E-state index in [4.69, 9.17) is 5.73 Å². The molecule has 0 aliphatic carbocycles. The van der Waals surface area contributed by atoms with Crippen LogP contribution in [-0.4, -0.2) is 18.0 Å². The lowest BCUT2D eigenvalue weighted by molar-refractivity contribution is -0.120. The van der Waals surface area contributed by atoms with Gasteiger partial charge in [0.05, 0.1) is 6.04 Å². The fourth-order valence-corrected chi connectivity index (χ4v) is 1.20. The molecule has 2 atom stereocenters. The van der Waals surface area contributed by atoms with Crippen molar-refractivity contribution >= 4 is 5.91 Å². The Kier molecular flexibility index (Phi) is 5.71. The summed E-state index contributed by atoms with van der Waals surface area (Å²) in [5.41, 5.74) is 5.29. The van der Waals surface area contributed by atoms with Crippen molar-refractivity contribution in [2.45, 2.75) is 52.6 Å². The molecule has 0 aromatic carbocycles. The first-order chi connectivity index (χ1) is 5.97. The zero-order valence-corrected chi connectivity index (χ0v) is 9.13. The molecular weight excluding hydrogens is 164 g/mol. The summed E-state index contributed by atoms with van der Waals surface area (Å²) in [6.45, 7) is 8.34. The number of carbonyl (C=O) groups is 1. The molecule has 0 spiro atoms. The van der Waals surface area contributed by atoms with Crippen LogP contribution in [0.1, 0.15) is 40.5 Å². The predicted molar refractivity (Wildman–Crippen MR) is 55.3 cm³/mol. The molecule has 1 amide bonds. The number of amides is 1. The maximum Gasteiger partial charge on any atom is 0.234 e. The molecule has 0 heterocycles. The van der Waals surface area contributed by atoms with Gasteiger partial charge in [-0.1, -0.05) is 20.8 Å². The first kappa shape index (κ1) is 12.4. The molecular formula is C10H22N2O. The van der Waals surface area contributed by atoms with Crippen molar-refractivity contribution in [3.63, 3.8) is 0 Å². The van der Waals surface area contributed by atoms with Gasteiger partial charge in [0.2, 0.25) is 5.91 Å². The SMILES string of the molecule is CCC(C)NC(CC(C)C)C(N)=O. The van der Waals surface area contributed by atoms with Crippen molar-refractivity contribution in [2.24, 2.45) is 11.7 Å². The topological polar surface area (TPSA) is 55.1 Å². The Hall–Kier alpha value is -0.570. The lowest BCUT2D eigenvalue weighted by Crippen LogP contribution is -2.45. The second kappa shape index (κ2) is 5.97. The molecule has 3 N–H and O–H groups in total. The average Bonchev–Trinajstić information content (AvgIpc) is 2.02. The van der Waals surface area contributed by atoms with Gasteiger partial charge in [0.15, 0.2) is 0 Å². The fourth-order valence-electron chi connectivity index (χ4n) is 1.20. The number of hydrogen-bond acceptors (Lipinski definition) is 2. The maximum atomic E-state index is 11.0. The Balaban J connectivity index is 4.02. The van der Waals surface area contributed by atoms with Gasteiger partial charge in [-0.05, 0) is 25.7 Å². The molecule has 2 unspecified atom stereocenters. The maximum absolute atomic E-state index is 11.0. The van der Waals surface area contributed by atoms with Crippen LogP contribution in [0.4, 0.5) is 0 Å². The van der Waals surface area contributed by atoms with Crippen molar-refractivity contribution < 1.29 is 4.79 Å². The second-order valence-corrected chi connectivity index (χ2v) is 4.06. The summed E-state index contributed by atoms with van der Waals surface area (Å²) < 4.78 is 0. The molecule has 13 heavy (non-hydrogen) atoms. The minimum atomic E-state index is -0.242. The van der Waals surface area contributed by atoms with Crippen LogP contribution >= 0.6 is 0 Å². The third kappa shape index (κ3) is 5.64. The van der Waals surface area contributed by atoms with Crippen LogP contribution in [0, 0.1) is 5.92 Å². The number of rotatable bonds is 6. The molecule has 0 radical (unpaired) electrons. The third-order valence-electron chi connectivity index (χ3n) is 2.15. The van der Waals surface area contributed by atoms with E-state index in [2.05, 4.69) is 33.0 Å². The van der Waals surface area contributed by atoms with Crippen molar-refractivity contribution in [3.05, 3.63) is 0 Å². The van der Waals surface area contributed by atoms with Gasteiger partial charge in [-0.3, -0.25) is 4.79 Å². The standard InChI is InChI=1S/C10H22N2O/c1-5-8(4)12-9(10(11)13)6-7(2)3/h7-9,12H,5-6H2,1-4H3,(H2,11,13). The Morgan fingerprint density at radius 1 is 1.38 bits per heavy atom. The normalized spacial score (nSPS) is 15.8. The highest BCUT2D eigenvalue weighted by Crippen LogP contribution is 2.05. The van der Waals surface area contributed by atoms with Crippen LogP contribution in [-0.2, 0) is 4.79 Å². The van der Waals surface area contributed by atoms with E-state index in [-0.39, 0.29) is 11.9 Å². The van der Waals surface area contributed by atoms with Crippen molar-refractivity contribution in [1.82, 2.24) is 5.32 Å². The molecule has 0 fully saturated rings. The predicted octanol–water partition coefficient (Wildman–Crippen LogP) is 1.27. The van der Waals surface area contributed by atoms with E-state index in [1.54, 1.807) is 0 Å². The van der Waals surface area contributed by atoms with Gasteiger partial charge in [0.1, 0.15) is 0 Å². The molecule has 0 aliphatic rings. The second-order valence-electron chi connectivity index (χ2n) is 4.06. The first-order valence-corrected chi connectivity index (χ1v) is 5.02. The minimum absolute atomic E-state index is 0.171. The monoisotopic (exact) mass is 186 g/mol. The number of primary amides is 1. The molecule has 3 nitrogen and oxygen atoms in total. The minimum Gasteiger partial charge on any atom is -0.368 e. The van der Waals surface area contributed by atoms with Gasteiger partial charge < -0.3 is 11.1 Å². The first-order valence-electron chi connectivity index (χ1n) is 5.02. The lowest BCUT2D eigenvalue weighted by atomic mass is 10.0. The summed E-state index contributed by atoms with van der Waals surface area (Å²) in [6.07, 6.45) is 1.83. The molecule has 0 rings (SSSR count). The van der Waals surface area contributed by atoms with Crippen LogP contribution in [0.2, 0.25) is 0 Å². The number of nitrogens with one attached hydrogen (secondary N) is 1. The number of carbonyl (C=O) groups excluding carboxylic acids is 1. The van der Waals surface area contributed by atoms with E-state index >= 15 is 0 Å². The Labute approximate surface area is 81.1 Å². The van der Waals surface area contributed by atoms with Gasteiger partial charge >= 0.3 is 0 Å². The van der Waals surface area contributed by atoms with Crippen LogP contribution in [0.3, 0.4) is 0 Å². The zero-order valence-electron chi connectivity index (χ0n) is 9.13. The Bertz CT molecular complexity index is 157. The van der Waals surface area contributed by atoms with E-state index < -0.39 is 0 Å². The highest BCUT2D eigenvalue weighted by atomic mass is 16.1. The summed E-state index contributed by atoms with van der Waals surface area (Å²) in [7, 11) is 0. The molecule has 0 aromatic rings. The molecule has 0 aromatic heterocycles. The number of nitrogens with two attached hydrogens (primary N) is 1. The Morgan fingerprint density at radius 3 is 2.23 bits per heavy atom. The lowest BCUT2D eigenvalue weighted by Gasteiger charge is -2.21. The summed E-state index contributed by atoms with van der Waals surface area (Å²) in [6, 6.07) is 0.186. The molecule has 0 aliphatic heterocycles. The van der Waals surface area contributed by atoms with Crippen LogP contribution in [0.15, 0.2) is 0 Å². The largest absolute Gasteiger partial charge is 0.368 e. The summed E-state index contributed by atoms with van der Waals surface area (Å²) >= 11 is 0. The van der Waals surface area contributed by atoms with Crippen LogP contribution in [0.25, 0.3) is 0 Å². The van der Waals surface area contributed by atoms with Gasteiger partial charge in [-0.2, -0.15) is 0 Å². The van der Waals surface area contributed by atoms with Gasteiger partial charge in [-0.25, -0.2) is 0 Å². The van der Waals surface area contributed by atoms with Gasteiger partial charge in [0, 0.05) is 6.04 Å². The molecule has 3 heteroatoms. The smallest absolute Gasteiger partial charge is 0.234 e. The fraction of sp³-hybridized carbons (Fsp3) is 0.900. The summed E-state index contributed by atoms with van der Waals surface area (Å²) in [5, 5.41) is 3.22. The van der Waals surface area contributed by atoms with E-state index in [1.807, 2.05) is 0 Å². The van der Waals surface area contributed by atoms with Crippen molar-refractivity contribution in [2.75, 3.05) is 0 Å². The zero-order chi connectivity index (χ0) is 10.4. The van der Waals surface area contributed by atoms with Gasteiger partial charge in [-0.15, -0.1) is 0 Å². The third-order valence-corrected chi connectivity index (χ3v) is 2.15. The van der Waals surface area contributed by atoms with Crippen molar-refractivity contribution in [3.8, 4) is 0 Å². The van der Waals surface area contributed by atoms with E-state index in [9.17, 15) is 4.79 Å². The van der Waals surface area contributed by atoms with Crippen molar-refractivity contribution in [1.29, 1.82) is 0 Å². The summed E-state index contributed by atoms with van der Waals surface area (Å²) in [4.78, 5) is 11.0. The highest BCUT2D eigenvalue weighted by molar-refractivity contribution is 5.79. The average molecular weight is 186 g/mol. The van der Waals surface area contributed by atoms with Gasteiger partial charge in [0.25, 0.3) is 0 Å². The molecule has 0 saturated heterocycles. The highest BCUT2D eigenvalue weighted by Gasteiger charge is 2.17. The van der Waals surface area contributed by atoms with E-state index in [1.165, 1.54) is 0 Å². The molecule has 0 saturated carbocycles.